The Labute approximate surface area is 200 Å². The number of H-pyrrole nitrogens is 1. The van der Waals surface area contributed by atoms with E-state index < -0.39 is 95.3 Å². The molecule has 19 nitrogen and oxygen atoms in total. The summed E-state index contributed by atoms with van der Waals surface area (Å²) in [5, 5.41) is 49.0. The van der Waals surface area contributed by atoms with Crippen LogP contribution < -0.4 is 17.0 Å². The number of phosphoric ester groups is 2. The lowest BCUT2D eigenvalue weighted by atomic mass is 9.98. The van der Waals surface area contributed by atoms with Gasteiger partial charge in [0, 0.05) is 12.3 Å². The summed E-state index contributed by atoms with van der Waals surface area (Å²) in [7, 11) is -11.0. The van der Waals surface area contributed by atoms with Crippen molar-refractivity contribution < 1.29 is 67.3 Å². The molecule has 0 aliphatic carbocycles. The fraction of sp³-hybridized carbons (Fsp3) is 0.733. The van der Waals surface area contributed by atoms with Crippen molar-refractivity contribution >= 4 is 15.6 Å². The molecular formula is C15H25N3O16P2. The van der Waals surface area contributed by atoms with Crippen molar-refractivity contribution in [1.29, 1.82) is 0 Å². The first-order chi connectivity index (χ1) is 16.7. The van der Waals surface area contributed by atoms with Crippen molar-refractivity contribution in [3.05, 3.63) is 33.1 Å². The van der Waals surface area contributed by atoms with Crippen LogP contribution in [-0.4, -0.2) is 107 Å². The van der Waals surface area contributed by atoms with Crippen LogP contribution in [0.2, 0.25) is 0 Å². The van der Waals surface area contributed by atoms with Gasteiger partial charge in [-0.05, 0) is 0 Å². The topological polar surface area (TPSA) is 303 Å². The zero-order valence-corrected chi connectivity index (χ0v) is 19.8. The molecule has 0 saturated carbocycles. The van der Waals surface area contributed by atoms with Crippen LogP contribution in [0.25, 0.3) is 0 Å². The summed E-state index contributed by atoms with van der Waals surface area (Å²) >= 11 is 0. The number of phosphoric acid groups is 2. The fourth-order valence-corrected chi connectivity index (χ4v) is 5.57. The van der Waals surface area contributed by atoms with Gasteiger partial charge in [0.25, 0.3) is 5.56 Å². The second kappa shape index (κ2) is 11.2. The normalized spacial score (nSPS) is 38.4. The molecule has 3 heterocycles. The van der Waals surface area contributed by atoms with Gasteiger partial charge in [0.2, 0.25) is 0 Å². The molecule has 10 N–H and O–H groups in total. The van der Waals surface area contributed by atoms with Crippen LogP contribution in [0.15, 0.2) is 21.9 Å². The Morgan fingerprint density at radius 3 is 2.25 bits per heavy atom. The van der Waals surface area contributed by atoms with Crippen molar-refractivity contribution in [2.45, 2.75) is 55.2 Å². The molecule has 0 aromatic carbocycles. The maximum atomic E-state index is 12.2. The molecule has 2 aliphatic heterocycles. The molecule has 0 amide bonds. The van der Waals surface area contributed by atoms with Gasteiger partial charge in [-0.3, -0.25) is 23.4 Å². The third kappa shape index (κ3) is 6.54. The molecule has 36 heavy (non-hydrogen) atoms. The van der Waals surface area contributed by atoms with E-state index in [2.05, 4.69) is 13.4 Å². The van der Waals surface area contributed by atoms with E-state index in [0.29, 0.717) is 0 Å². The molecule has 0 radical (unpaired) electrons. The zero-order valence-electron chi connectivity index (χ0n) is 18.0. The predicted octanol–water partition coefficient (Wildman–Crippen LogP) is -4.83. The van der Waals surface area contributed by atoms with Gasteiger partial charge in [-0.15, -0.1) is 0 Å². The summed E-state index contributed by atoms with van der Waals surface area (Å²) in [6, 6.07) is -0.699. The lowest BCUT2D eigenvalue weighted by Crippen LogP contribution is -2.62. The highest BCUT2D eigenvalue weighted by Crippen LogP contribution is 2.61. The second-order valence-electron chi connectivity index (χ2n) is 7.77. The number of aromatic amines is 1. The molecule has 206 valence electrons. The number of nitrogens with zero attached hydrogens (tertiary/aromatic N) is 1. The number of aliphatic hydroxyl groups is 5. The highest BCUT2D eigenvalue weighted by Gasteiger charge is 2.49. The second-order valence-corrected chi connectivity index (χ2v) is 10.8. The van der Waals surface area contributed by atoms with Gasteiger partial charge in [-0.25, -0.2) is 13.9 Å². The molecule has 2 fully saturated rings. The molecule has 21 heteroatoms. The van der Waals surface area contributed by atoms with E-state index in [-0.39, 0.29) is 0 Å². The van der Waals surface area contributed by atoms with Gasteiger partial charge in [-0.1, -0.05) is 0 Å². The molecule has 1 aromatic rings. The highest BCUT2D eigenvalue weighted by atomic mass is 31.3. The first-order valence-corrected chi connectivity index (χ1v) is 13.1. The van der Waals surface area contributed by atoms with Gasteiger partial charge >= 0.3 is 21.3 Å². The molecular weight excluding hydrogens is 540 g/mol. The van der Waals surface area contributed by atoms with E-state index in [1.54, 1.807) is 0 Å². The Bertz CT molecular complexity index is 1130. The van der Waals surface area contributed by atoms with E-state index >= 15 is 0 Å². The number of hydrogen-bond acceptors (Lipinski definition) is 15. The molecule has 11 atom stereocenters. The SMILES string of the molecule is N[C@H]1[C@@H](OP(=O)(O)OP(=O)(O)OC[C@H]2O[C@@H](n3ccc(=O)[nH]c3=O)[C@H](O)[C@@H]2O)O[C@H](CO)[C@H](O)[C@@H]1O. The number of aromatic nitrogens is 2. The van der Waals surface area contributed by atoms with Gasteiger partial charge in [0.1, 0.15) is 36.6 Å². The number of nitrogens with two attached hydrogens (primary N) is 1. The van der Waals surface area contributed by atoms with Crippen LogP contribution in [0.4, 0.5) is 0 Å². The molecule has 1 aromatic heterocycles. The third-order valence-corrected chi connectivity index (χ3v) is 7.84. The van der Waals surface area contributed by atoms with Crippen LogP contribution in [-0.2, 0) is 32.0 Å². The van der Waals surface area contributed by atoms with Crippen molar-refractivity contribution in [2.75, 3.05) is 13.2 Å². The van der Waals surface area contributed by atoms with Crippen molar-refractivity contribution in [2.24, 2.45) is 5.73 Å². The summed E-state index contributed by atoms with van der Waals surface area (Å²) in [6.07, 6.45) is -12.5. The van der Waals surface area contributed by atoms with Crippen molar-refractivity contribution in [3.63, 3.8) is 0 Å². The predicted molar refractivity (Wildman–Crippen MR) is 111 cm³/mol. The molecule has 3 rings (SSSR count). The van der Waals surface area contributed by atoms with Crippen LogP contribution in [0.3, 0.4) is 0 Å². The Morgan fingerprint density at radius 2 is 1.64 bits per heavy atom. The molecule has 0 spiro atoms. The van der Waals surface area contributed by atoms with Crippen molar-refractivity contribution in [1.82, 2.24) is 9.55 Å². The molecule has 2 saturated heterocycles. The average Bonchev–Trinajstić information content (AvgIpc) is 3.06. The van der Waals surface area contributed by atoms with Crippen LogP contribution in [0.1, 0.15) is 6.23 Å². The summed E-state index contributed by atoms with van der Waals surface area (Å²) < 4.78 is 48.5. The Morgan fingerprint density at radius 1 is 1.00 bits per heavy atom. The summed E-state index contributed by atoms with van der Waals surface area (Å²) in [6.45, 7) is -1.84. The van der Waals surface area contributed by atoms with E-state index in [1.165, 1.54) is 0 Å². The summed E-state index contributed by atoms with van der Waals surface area (Å²) in [4.78, 5) is 44.6. The maximum Gasteiger partial charge on any atom is 0.483 e. The maximum absolute atomic E-state index is 12.2. The lowest BCUT2D eigenvalue weighted by Gasteiger charge is -2.40. The zero-order chi connectivity index (χ0) is 27.0. The van der Waals surface area contributed by atoms with Crippen LogP contribution in [0, 0.1) is 0 Å². The highest BCUT2D eigenvalue weighted by molar-refractivity contribution is 7.61. The van der Waals surface area contributed by atoms with Gasteiger partial charge < -0.3 is 50.5 Å². The number of nitrogens with one attached hydrogen (secondary N) is 1. The minimum absolute atomic E-state index is 0.735. The minimum atomic E-state index is -5.51. The van der Waals surface area contributed by atoms with Crippen molar-refractivity contribution in [3.8, 4) is 0 Å². The third-order valence-electron chi connectivity index (χ3n) is 5.24. The standard InChI is InChI=1S/C15H25N3O16P2/c16-8-11(23)9(21)5(3-19)32-14(8)33-36(28,29)34-35(26,27)30-4-6-10(22)12(24)13(31-6)18-2-1-7(20)17-15(18)25/h1-2,5-6,8-14,19,21-24H,3-4,16H2,(H,26,27)(H,28,29)(H,17,20,25)/t5-,6-,8-,9+,10-,11-,12-,13-,14-/m1/s1. The smallest absolute Gasteiger partial charge is 0.394 e. The average molecular weight is 565 g/mol. The van der Waals surface area contributed by atoms with Gasteiger partial charge in [0.15, 0.2) is 12.5 Å². The van der Waals surface area contributed by atoms with Gasteiger partial charge in [-0.2, -0.15) is 4.31 Å². The quantitative estimate of drug-likeness (QED) is 0.127. The van der Waals surface area contributed by atoms with Gasteiger partial charge in [0.05, 0.1) is 19.3 Å². The number of aliphatic hydroxyl groups excluding tert-OH is 5. The van der Waals surface area contributed by atoms with E-state index in [9.17, 15) is 48.9 Å². The number of hydrogen-bond donors (Lipinski definition) is 9. The first-order valence-electron chi connectivity index (χ1n) is 10.1. The number of ether oxygens (including phenoxy) is 2. The van der Waals surface area contributed by atoms with E-state index in [1.807, 2.05) is 4.98 Å². The van der Waals surface area contributed by atoms with E-state index in [4.69, 9.17) is 20.3 Å². The summed E-state index contributed by atoms with van der Waals surface area (Å²) in [5.74, 6) is 0. The molecule has 2 aliphatic rings. The molecule has 2 unspecified atom stereocenters. The minimum Gasteiger partial charge on any atom is -0.394 e. The number of rotatable bonds is 9. The lowest BCUT2D eigenvalue weighted by molar-refractivity contribution is -0.242. The first kappa shape index (κ1) is 29.2. The fourth-order valence-electron chi connectivity index (χ4n) is 3.39. The largest absolute Gasteiger partial charge is 0.483 e. The Hall–Kier alpha value is -1.38. The molecule has 0 bridgehead atoms. The monoisotopic (exact) mass is 565 g/mol. The Balaban J connectivity index is 1.61. The summed E-state index contributed by atoms with van der Waals surface area (Å²) in [5.41, 5.74) is 3.82. The van der Waals surface area contributed by atoms with E-state index in [0.717, 1.165) is 16.8 Å². The van der Waals surface area contributed by atoms with Crippen LogP contribution in [0.5, 0.6) is 0 Å². The Kier molecular flexibility index (Phi) is 9.05. The van der Waals surface area contributed by atoms with Crippen LogP contribution >= 0.6 is 15.6 Å².